The molecular weight excluding hydrogens is 883 g/mol. The van der Waals surface area contributed by atoms with E-state index in [1.54, 1.807) is 52.8 Å². The van der Waals surface area contributed by atoms with Crippen LogP contribution in [0.25, 0.3) is 11.3 Å². The zero-order valence-electron chi connectivity index (χ0n) is 38.9. The number of hydrogen-bond acceptors (Lipinski definition) is 14. The van der Waals surface area contributed by atoms with E-state index in [4.69, 9.17) is 25.9 Å². The smallest absolute Gasteiger partial charge is 0.399 e. The van der Waals surface area contributed by atoms with Gasteiger partial charge in [-0.25, -0.2) is 39.5 Å². The Morgan fingerprint density at radius 1 is 0.632 bits per heavy atom. The van der Waals surface area contributed by atoms with Gasteiger partial charge >= 0.3 is 19.2 Å². The van der Waals surface area contributed by atoms with E-state index >= 15 is 0 Å². The van der Waals surface area contributed by atoms with Gasteiger partial charge in [0.25, 0.3) is 0 Å². The first-order valence-electron chi connectivity index (χ1n) is 22.6. The Morgan fingerprint density at radius 2 is 1.16 bits per heavy atom. The van der Waals surface area contributed by atoms with Gasteiger partial charge in [-0.15, -0.1) is 0 Å². The molecule has 5 aliphatic rings. The second kappa shape index (κ2) is 19.3. The summed E-state index contributed by atoms with van der Waals surface area (Å²) in [7, 11) is 3.34. The fraction of sp³-hybridized carbons (Fsp3) is 0.333. The number of hydrogen-bond donors (Lipinski definition) is 4. The number of amides is 4. The average molecular weight is 937 g/mol. The number of rotatable bonds is 6. The van der Waals surface area contributed by atoms with Crippen LogP contribution in [0, 0.1) is 0 Å². The maximum atomic E-state index is 13.1. The van der Waals surface area contributed by atoms with Crippen LogP contribution in [0.2, 0.25) is 5.15 Å². The second-order valence-corrected chi connectivity index (χ2v) is 18.2. The van der Waals surface area contributed by atoms with Gasteiger partial charge < -0.3 is 29.7 Å². The van der Waals surface area contributed by atoms with Crippen molar-refractivity contribution in [3.63, 3.8) is 0 Å². The van der Waals surface area contributed by atoms with Crippen LogP contribution < -0.4 is 46.3 Å². The summed E-state index contributed by atoms with van der Waals surface area (Å²) in [6, 6.07) is 26.1. The van der Waals surface area contributed by atoms with Gasteiger partial charge in [-0.1, -0.05) is 29.8 Å². The van der Waals surface area contributed by atoms with E-state index in [1.807, 2.05) is 109 Å². The summed E-state index contributed by atoms with van der Waals surface area (Å²) < 4.78 is 11.9. The SMILES string of the molecule is CNc1ccc(-c2ccc3c(n2)N(C(=O)Nc2ccccn2)[C@H]2CCN3C2)cn1.CNc1ccc(B2OC(C)(C)C(C)(C)O2)cn1.O=C(Nc1ccccn1)N1c2nc(Cl)ccc2N2CC[C@H]1C2. The first-order valence-corrected chi connectivity index (χ1v) is 23.0. The molecule has 18 nitrogen and oxygen atoms in total. The Morgan fingerprint density at radius 3 is 1.65 bits per heavy atom. The van der Waals surface area contributed by atoms with Gasteiger partial charge in [-0.2, -0.15) is 0 Å². The van der Waals surface area contributed by atoms with Gasteiger partial charge in [-0.3, -0.25) is 20.4 Å². The van der Waals surface area contributed by atoms with Gasteiger partial charge in [0, 0.05) is 76.1 Å². The molecule has 4 N–H and O–H groups in total. The third-order valence-electron chi connectivity index (χ3n) is 13.0. The summed E-state index contributed by atoms with van der Waals surface area (Å²) in [5.74, 6) is 3.99. The largest absolute Gasteiger partial charge is 0.496 e. The first kappa shape index (κ1) is 46.0. The van der Waals surface area contributed by atoms with Crippen molar-refractivity contribution < 1.29 is 18.9 Å². The lowest BCUT2D eigenvalue weighted by atomic mass is 9.80. The van der Waals surface area contributed by atoms with Crippen molar-refractivity contribution in [3.8, 4) is 11.3 Å². The van der Waals surface area contributed by atoms with Gasteiger partial charge in [0.2, 0.25) is 0 Å². The zero-order valence-corrected chi connectivity index (χ0v) is 39.6. The van der Waals surface area contributed by atoms with Gasteiger partial charge in [0.05, 0.1) is 40.4 Å². The number of carbonyl (C=O) groups is 2. The lowest BCUT2D eigenvalue weighted by molar-refractivity contribution is 0.00578. The number of nitrogens with one attached hydrogen (secondary N) is 4. The highest BCUT2D eigenvalue weighted by atomic mass is 35.5. The van der Waals surface area contributed by atoms with Crippen LogP contribution in [0.3, 0.4) is 0 Å². The highest BCUT2D eigenvalue weighted by Crippen LogP contribution is 2.42. The molecule has 2 atom stereocenters. The van der Waals surface area contributed by atoms with Gasteiger partial charge in [0.15, 0.2) is 11.6 Å². The topological polar surface area (TPSA) is 191 Å². The van der Waals surface area contributed by atoms with E-state index in [2.05, 4.69) is 56.0 Å². The molecule has 3 fully saturated rings. The molecule has 0 aromatic carbocycles. The summed E-state index contributed by atoms with van der Waals surface area (Å²) in [6.07, 6.45) is 8.72. The molecule has 5 aliphatic heterocycles. The number of halogens is 1. The third kappa shape index (κ3) is 9.54. The van der Waals surface area contributed by atoms with E-state index in [0.717, 1.165) is 78.8 Å². The molecule has 0 radical (unpaired) electrons. The van der Waals surface area contributed by atoms with Crippen LogP contribution in [-0.2, 0) is 9.31 Å². The lowest BCUT2D eigenvalue weighted by Crippen LogP contribution is -2.48. The molecule has 0 spiro atoms. The summed E-state index contributed by atoms with van der Waals surface area (Å²) in [5.41, 5.74) is 3.97. The van der Waals surface area contributed by atoms with E-state index < -0.39 is 0 Å². The molecule has 11 heterocycles. The molecule has 68 heavy (non-hydrogen) atoms. The molecule has 0 unspecified atom stereocenters. The first-order chi connectivity index (χ1) is 32.8. The normalized spacial score (nSPS) is 18.8. The monoisotopic (exact) mass is 936 g/mol. The Bertz CT molecular complexity index is 2720. The number of pyridine rings is 6. The number of carbonyl (C=O) groups excluding carboxylic acids is 2. The third-order valence-corrected chi connectivity index (χ3v) is 13.2. The standard InChI is InChI=1S/C21H21N7O.C15H14ClN5O.C12H19BN2O2/c1-22-18-8-5-14(12-24-18)16-6-7-17-20(25-16)28(15-9-11-27(17)13-15)21(29)26-19-4-2-3-10-23-19;16-12-5-4-11-14(18-12)21(10-6-8-20(11)9-10)15(22)19-13-3-1-2-7-17-13;1-11(2)12(3,4)17-13(16-11)9-6-7-10(14-5)15-8-9/h2-8,10,12,15H,9,11,13H2,1H3,(H,22,24)(H,23,26,29);1-5,7,10H,6,8-9H2,(H,17,19,22);6-8H,1-5H3,(H,14,15)/t15-;10-;/m00./s1. The van der Waals surface area contributed by atoms with E-state index in [9.17, 15) is 9.59 Å². The minimum Gasteiger partial charge on any atom is -0.399 e. The summed E-state index contributed by atoms with van der Waals surface area (Å²) in [5, 5.41) is 12.1. The van der Waals surface area contributed by atoms with Crippen LogP contribution in [0.1, 0.15) is 40.5 Å². The molecular formula is C48H54BClN14O4. The molecule has 4 amide bonds. The summed E-state index contributed by atoms with van der Waals surface area (Å²) >= 11 is 6.02. The van der Waals surface area contributed by atoms with E-state index in [-0.39, 0.29) is 42.5 Å². The van der Waals surface area contributed by atoms with Crippen LogP contribution in [0.5, 0.6) is 0 Å². The molecule has 20 heteroatoms. The predicted molar refractivity (Wildman–Crippen MR) is 268 cm³/mol. The van der Waals surface area contributed by atoms with Crippen molar-refractivity contribution in [2.75, 3.05) is 81.1 Å². The molecule has 3 saturated heterocycles. The van der Waals surface area contributed by atoms with Crippen LogP contribution >= 0.6 is 11.6 Å². The Labute approximate surface area is 401 Å². The van der Waals surface area contributed by atoms with Gasteiger partial charge in [-0.05, 0) is 107 Å². The molecule has 11 rings (SSSR count). The van der Waals surface area contributed by atoms with Crippen molar-refractivity contribution in [2.24, 2.45) is 0 Å². The van der Waals surface area contributed by atoms with Crippen molar-refractivity contribution in [3.05, 3.63) is 115 Å². The van der Waals surface area contributed by atoms with Crippen LogP contribution in [-0.4, -0.2) is 113 Å². The molecule has 6 aromatic rings. The van der Waals surface area contributed by atoms with Gasteiger partial charge in [0.1, 0.15) is 28.4 Å². The Balaban J connectivity index is 0.000000132. The minimum absolute atomic E-state index is 0.0961. The van der Waals surface area contributed by atoms with Crippen molar-refractivity contribution in [1.29, 1.82) is 0 Å². The second-order valence-electron chi connectivity index (χ2n) is 17.8. The maximum absolute atomic E-state index is 13.1. The van der Waals surface area contributed by atoms with Crippen LogP contribution in [0.4, 0.5) is 55.9 Å². The Hall–Kier alpha value is -7.09. The average Bonchev–Trinajstić information content (AvgIpc) is 4.03. The molecule has 0 aliphatic carbocycles. The number of fused-ring (bicyclic) bond motifs is 8. The van der Waals surface area contributed by atoms with E-state index in [0.29, 0.717) is 28.4 Å². The van der Waals surface area contributed by atoms with Crippen LogP contribution in [0.15, 0.2) is 110 Å². The minimum atomic E-state index is -0.335. The Kier molecular flexibility index (Phi) is 13.0. The number of aromatic nitrogens is 6. The lowest BCUT2D eigenvalue weighted by Gasteiger charge is -2.35. The zero-order chi connectivity index (χ0) is 47.6. The maximum Gasteiger partial charge on any atom is 0.496 e. The van der Waals surface area contributed by atoms with E-state index in [1.165, 1.54) is 0 Å². The summed E-state index contributed by atoms with van der Waals surface area (Å²) in [6.45, 7) is 11.7. The molecule has 350 valence electrons. The highest BCUT2D eigenvalue weighted by Gasteiger charge is 2.52. The number of anilines is 8. The van der Waals surface area contributed by atoms with Crippen molar-refractivity contribution in [1.82, 2.24) is 29.9 Å². The molecule has 0 saturated carbocycles. The molecule has 6 aromatic heterocycles. The summed E-state index contributed by atoms with van der Waals surface area (Å²) in [4.78, 5) is 60.1. The fourth-order valence-corrected chi connectivity index (χ4v) is 8.80. The number of nitrogens with zero attached hydrogens (tertiary/aromatic N) is 10. The van der Waals surface area contributed by atoms with Crippen molar-refractivity contribution in [2.45, 2.75) is 63.8 Å². The predicted octanol–water partition coefficient (Wildman–Crippen LogP) is 7.39. The molecule has 4 bridgehead atoms. The fourth-order valence-electron chi connectivity index (χ4n) is 8.66. The quantitative estimate of drug-likeness (QED) is 0.0955. The number of urea groups is 2. The van der Waals surface area contributed by atoms with Crippen molar-refractivity contribution >= 4 is 82.5 Å². The highest BCUT2D eigenvalue weighted by molar-refractivity contribution is 6.62.